The number of Topliss-reactive ketones (excluding diaryl/α,β-unsaturated/α-hetero) is 1. The second-order valence-corrected chi connectivity index (χ2v) is 10.8. The summed E-state index contributed by atoms with van der Waals surface area (Å²) in [4.78, 5) is 33.8. The normalized spacial score (nSPS) is 20.1. The zero-order valence-electron chi connectivity index (χ0n) is 20.7. The van der Waals surface area contributed by atoms with Crippen molar-refractivity contribution in [3.05, 3.63) is 87.7 Å². The molecule has 1 aliphatic carbocycles. The number of pyridine rings is 1. The Bertz CT molecular complexity index is 1430. The van der Waals surface area contributed by atoms with Crippen LogP contribution in [0.3, 0.4) is 0 Å². The Labute approximate surface area is 230 Å². The summed E-state index contributed by atoms with van der Waals surface area (Å²) in [7, 11) is 0. The molecule has 38 heavy (non-hydrogen) atoms. The Morgan fingerprint density at radius 3 is 2.47 bits per heavy atom. The van der Waals surface area contributed by atoms with Crippen LogP contribution in [0.1, 0.15) is 47.8 Å². The Kier molecular flexibility index (Phi) is 7.01. The lowest BCUT2D eigenvalue weighted by atomic mass is 9.89. The summed E-state index contributed by atoms with van der Waals surface area (Å²) in [6.45, 7) is 1.38. The Morgan fingerprint density at radius 1 is 1.16 bits per heavy atom. The molecule has 1 N–H and O–H groups in total. The molecule has 1 unspecified atom stereocenters. The molecule has 1 aliphatic heterocycles. The van der Waals surface area contributed by atoms with Crippen molar-refractivity contribution in [2.75, 3.05) is 6.61 Å². The van der Waals surface area contributed by atoms with Crippen LogP contribution in [0.4, 0.5) is 0 Å². The zero-order valence-corrected chi connectivity index (χ0v) is 22.2. The molecule has 2 atom stereocenters. The molecule has 0 spiro atoms. The number of ether oxygens (including phenoxy) is 1. The van der Waals surface area contributed by atoms with Gasteiger partial charge in [0.05, 0.1) is 35.5 Å². The molecular weight excluding hydrogens is 525 g/mol. The minimum atomic E-state index is -1.91. The molecule has 7 nitrogen and oxygen atoms in total. The number of amides is 1. The standard InChI is InChI=1S/C29H25Cl2N3O4/c1-18(35)26(36)29(38-17-28(11-12-28)13-14-32)24-4-2-3-23(19-5-7-20(30)8-6-19)25(24)27(37)34(29)16-22-10-9-21(31)15-33-22/h2-10,15,18,35H,11-13,16-17H2,1H3/t18?,29-/m1/s1. The summed E-state index contributed by atoms with van der Waals surface area (Å²) < 4.78 is 6.48. The average molecular weight is 550 g/mol. The van der Waals surface area contributed by atoms with Crippen molar-refractivity contribution in [1.29, 1.82) is 5.26 Å². The van der Waals surface area contributed by atoms with E-state index in [0.29, 0.717) is 32.4 Å². The number of aliphatic hydroxyl groups excluding tert-OH is 1. The highest BCUT2D eigenvalue weighted by atomic mass is 35.5. The number of nitrogens with zero attached hydrogens (tertiary/aromatic N) is 3. The third kappa shape index (κ3) is 4.59. The van der Waals surface area contributed by atoms with E-state index in [-0.39, 0.29) is 25.0 Å². The van der Waals surface area contributed by atoms with E-state index in [4.69, 9.17) is 27.9 Å². The van der Waals surface area contributed by atoms with Crippen LogP contribution >= 0.6 is 23.2 Å². The molecule has 0 radical (unpaired) electrons. The van der Waals surface area contributed by atoms with E-state index in [1.807, 2.05) is 0 Å². The molecule has 1 amide bonds. The van der Waals surface area contributed by atoms with Gasteiger partial charge in [0.2, 0.25) is 11.5 Å². The predicted molar refractivity (Wildman–Crippen MR) is 142 cm³/mol. The largest absolute Gasteiger partial charge is 0.385 e. The number of rotatable bonds is 9. The topological polar surface area (TPSA) is 104 Å². The van der Waals surface area contributed by atoms with Crippen molar-refractivity contribution < 1.29 is 19.4 Å². The lowest BCUT2D eigenvalue weighted by Crippen LogP contribution is -2.55. The molecule has 1 aromatic heterocycles. The summed E-state index contributed by atoms with van der Waals surface area (Å²) in [6, 6.07) is 17.9. The lowest BCUT2D eigenvalue weighted by molar-refractivity contribution is -0.184. The molecule has 1 saturated carbocycles. The number of fused-ring (bicyclic) bond motifs is 1. The van der Waals surface area contributed by atoms with Crippen LogP contribution in [0, 0.1) is 16.7 Å². The molecule has 2 heterocycles. The van der Waals surface area contributed by atoms with Gasteiger partial charge in [-0.05, 0) is 55.2 Å². The zero-order chi connectivity index (χ0) is 27.1. The highest BCUT2D eigenvalue weighted by molar-refractivity contribution is 6.30. The van der Waals surface area contributed by atoms with Crippen molar-refractivity contribution in [2.24, 2.45) is 5.41 Å². The van der Waals surface area contributed by atoms with E-state index in [9.17, 15) is 20.0 Å². The van der Waals surface area contributed by atoms with Gasteiger partial charge in [0.15, 0.2) is 0 Å². The summed E-state index contributed by atoms with van der Waals surface area (Å²) >= 11 is 12.1. The number of aliphatic hydroxyl groups is 1. The van der Waals surface area contributed by atoms with Gasteiger partial charge in [-0.1, -0.05) is 53.5 Å². The Balaban J connectivity index is 1.69. The maximum Gasteiger partial charge on any atom is 0.258 e. The first-order valence-corrected chi connectivity index (χ1v) is 13.0. The van der Waals surface area contributed by atoms with Crippen molar-refractivity contribution in [1.82, 2.24) is 9.88 Å². The van der Waals surface area contributed by atoms with Gasteiger partial charge in [0, 0.05) is 28.6 Å². The second-order valence-electron chi connectivity index (χ2n) is 9.90. The number of benzene rings is 2. The van der Waals surface area contributed by atoms with Gasteiger partial charge in [0.1, 0.15) is 6.10 Å². The van der Waals surface area contributed by atoms with Gasteiger partial charge in [-0.3, -0.25) is 19.5 Å². The molecule has 0 saturated heterocycles. The smallest absolute Gasteiger partial charge is 0.258 e. The minimum Gasteiger partial charge on any atom is -0.385 e. The molecule has 2 aliphatic rings. The SMILES string of the molecule is CC(O)C(=O)[C@]1(OCC2(CC#N)CC2)c2cccc(-c3ccc(Cl)cc3)c2C(=O)N1Cc1ccc(Cl)cn1. The molecule has 194 valence electrons. The van der Waals surface area contributed by atoms with E-state index in [1.54, 1.807) is 54.6 Å². The minimum absolute atomic E-state index is 0.0611. The molecule has 1 fully saturated rings. The average Bonchev–Trinajstić information content (AvgIpc) is 3.63. The summed E-state index contributed by atoms with van der Waals surface area (Å²) in [5.74, 6) is -1.10. The summed E-state index contributed by atoms with van der Waals surface area (Å²) in [5, 5.41) is 20.9. The molecular formula is C29H25Cl2N3O4. The van der Waals surface area contributed by atoms with E-state index in [0.717, 1.165) is 18.4 Å². The first-order valence-electron chi connectivity index (χ1n) is 12.3. The van der Waals surface area contributed by atoms with E-state index < -0.39 is 23.5 Å². The molecule has 2 aromatic carbocycles. The first kappa shape index (κ1) is 26.3. The van der Waals surface area contributed by atoms with Crippen molar-refractivity contribution in [3.63, 3.8) is 0 Å². The monoisotopic (exact) mass is 549 g/mol. The van der Waals surface area contributed by atoms with Gasteiger partial charge in [0.25, 0.3) is 5.91 Å². The van der Waals surface area contributed by atoms with E-state index >= 15 is 0 Å². The van der Waals surface area contributed by atoms with Crippen LogP contribution in [0.15, 0.2) is 60.8 Å². The van der Waals surface area contributed by atoms with Gasteiger partial charge in [-0.25, -0.2) is 0 Å². The van der Waals surface area contributed by atoms with Gasteiger partial charge < -0.3 is 9.84 Å². The summed E-state index contributed by atoms with van der Waals surface area (Å²) in [5.41, 5.74) is 0.214. The highest BCUT2D eigenvalue weighted by Gasteiger charge is 2.59. The molecule has 9 heteroatoms. The highest BCUT2D eigenvalue weighted by Crippen LogP contribution is 2.52. The first-order chi connectivity index (χ1) is 18.2. The quantitative estimate of drug-likeness (QED) is 0.376. The number of halogens is 2. The number of carbonyl (C=O) groups excluding carboxylic acids is 2. The van der Waals surface area contributed by atoms with Gasteiger partial charge in [-0.15, -0.1) is 0 Å². The van der Waals surface area contributed by atoms with E-state index in [1.165, 1.54) is 18.0 Å². The number of ketones is 1. The van der Waals surface area contributed by atoms with Crippen LogP contribution < -0.4 is 0 Å². The molecule has 3 aromatic rings. The fourth-order valence-corrected chi connectivity index (χ4v) is 5.19. The molecule has 0 bridgehead atoms. The van der Waals surface area contributed by atoms with Gasteiger partial charge >= 0.3 is 0 Å². The number of aromatic nitrogens is 1. The third-order valence-corrected chi connectivity index (χ3v) is 7.72. The Hall–Kier alpha value is -3.28. The predicted octanol–water partition coefficient (Wildman–Crippen LogP) is 5.52. The molecule has 5 rings (SSSR count). The maximum absolute atomic E-state index is 14.2. The van der Waals surface area contributed by atoms with Crippen molar-refractivity contribution >= 4 is 34.9 Å². The third-order valence-electron chi connectivity index (χ3n) is 7.24. The van der Waals surface area contributed by atoms with Crippen LogP contribution in [0.5, 0.6) is 0 Å². The number of hydrogen-bond donors (Lipinski definition) is 1. The lowest BCUT2D eigenvalue weighted by Gasteiger charge is -2.39. The van der Waals surface area contributed by atoms with Crippen molar-refractivity contribution in [2.45, 2.75) is 44.6 Å². The van der Waals surface area contributed by atoms with Crippen molar-refractivity contribution in [3.8, 4) is 17.2 Å². The fourth-order valence-electron chi connectivity index (χ4n) is 4.95. The maximum atomic E-state index is 14.2. The van der Waals surface area contributed by atoms with Crippen LogP contribution in [0.25, 0.3) is 11.1 Å². The fraction of sp³-hybridized carbons (Fsp3) is 0.310. The summed E-state index contributed by atoms with van der Waals surface area (Å²) in [6.07, 6.45) is 1.87. The van der Waals surface area contributed by atoms with Gasteiger partial charge in [-0.2, -0.15) is 5.26 Å². The van der Waals surface area contributed by atoms with Crippen LogP contribution in [0.2, 0.25) is 10.0 Å². The number of nitriles is 1. The number of hydrogen-bond acceptors (Lipinski definition) is 6. The van der Waals surface area contributed by atoms with Crippen LogP contribution in [-0.2, 0) is 21.8 Å². The Morgan fingerprint density at radius 2 is 1.87 bits per heavy atom. The second kappa shape index (κ2) is 10.1. The van der Waals surface area contributed by atoms with E-state index in [2.05, 4.69) is 11.1 Å². The van der Waals surface area contributed by atoms with Crippen LogP contribution in [-0.4, -0.2) is 39.4 Å². The number of carbonyl (C=O) groups is 2.